The maximum absolute atomic E-state index is 12.2. The van der Waals surface area contributed by atoms with Gasteiger partial charge in [0.05, 0.1) is 12.6 Å². The van der Waals surface area contributed by atoms with E-state index in [1.807, 2.05) is 18.7 Å². The summed E-state index contributed by atoms with van der Waals surface area (Å²) in [7, 11) is 0. The Hall–Kier alpha value is -0.570. The first-order chi connectivity index (χ1) is 6.84. The lowest BCUT2D eigenvalue weighted by Crippen LogP contribution is -2.47. The van der Waals surface area contributed by atoms with Crippen molar-refractivity contribution in [2.24, 2.45) is 17.3 Å². The maximum atomic E-state index is 12.2. The summed E-state index contributed by atoms with van der Waals surface area (Å²) in [6.07, 6.45) is 1.06. The molecule has 3 rings (SSSR count). The highest BCUT2D eigenvalue weighted by Crippen LogP contribution is 2.60. The monoisotopic (exact) mass is 209 g/mol. The first-order valence-corrected chi connectivity index (χ1v) is 5.82. The Morgan fingerprint density at radius 2 is 2.00 bits per heavy atom. The van der Waals surface area contributed by atoms with E-state index in [1.54, 1.807) is 0 Å². The van der Waals surface area contributed by atoms with E-state index in [1.165, 1.54) is 0 Å². The summed E-state index contributed by atoms with van der Waals surface area (Å²) in [4.78, 5) is 14.2. The highest BCUT2D eigenvalue weighted by atomic mass is 16.5. The molecule has 3 heteroatoms. The molecule has 1 saturated carbocycles. The van der Waals surface area contributed by atoms with E-state index in [4.69, 9.17) is 4.74 Å². The largest absolute Gasteiger partial charge is 0.354 e. The average Bonchev–Trinajstić information content (AvgIpc) is 2.49. The van der Waals surface area contributed by atoms with E-state index in [-0.39, 0.29) is 11.6 Å². The molecule has 3 aliphatic rings. The van der Waals surface area contributed by atoms with Gasteiger partial charge in [-0.1, -0.05) is 13.8 Å². The highest BCUT2D eigenvalue weighted by Gasteiger charge is 2.66. The summed E-state index contributed by atoms with van der Waals surface area (Å²) in [6.45, 7) is 9.28. The molecule has 3 fully saturated rings. The zero-order chi connectivity index (χ0) is 11.0. The number of carbonyl (C=O) groups excluding carboxylic acids is 1. The summed E-state index contributed by atoms with van der Waals surface area (Å²) in [5, 5.41) is 0. The Balaban J connectivity index is 1.98. The number of hydrogen-bond donors (Lipinski definition) is 0. The minimum absolute atomic E-state index is 0.285. The Labute approximate surface area is 90.8 Å². The first kappa shape index (κ1) is 9.64. The van der Waals surface area contributed by atoms with Crippen LogP contribution in [0, 0.1) is 17.3 Å². The van der Waals surface area contributed by atoms with Crippen molar-refractivity contribution in [3.05, 3.63) is 0 Å². The number of carbonyl (C=O) groups is 1. The molecule has 1 aliphatic carbocycles. The second-order valence-corrected chi connectivity index (χ2v) is 6.36. The third-order valence-corrected chi connectivity index (χ3v) is 4.57. The molecule has 0 aromatic rings. The lowest BCUT2D eigenvalue weighted by Gasteiger charge is -2.47. The lowest BCUT2D eigenvalue weighted by atomic mass is 9.55. The van der Waals surface area contributed by atoms with Crippen LogP contribution >= 0.6 is 0 Å². The molecule has 0 aromatic heterocycles. The topological polar surface area (TPSA) is 29.5 Å². The van der Waals surface area contributed by atoms with Crippen LogP contribution in [0.25, 0.3) is 0 Å². The van der Waals surface area contributed by atoms with Crippen molar-refractivity contribution in [3.63, 3.8) is 0 Å². The van der Waals surface area contributed by atoms with Crippen LogP contribution in [0.2, 0.25) is 0 Å². The Bertz CT molecular complexity index is 335. The Morgan fingerprint density at radius 1 is 1.33 bits per heavy atom. The van der Waals surface area contributed by atoms with Crippen LogP contribution in [0.15, 0.2) is 0 Å². The van der Waals surface area contributed by atoms with E-state index < -0.39 is 0 Å². The van der Waals surface area contributed by atoms with Crippen LogP contribution < -0.4 is 0 Å². The van der Waals surface area contributed by atoms with Gasteiger partial charge in [-0.15, -0.1) is 0 Å². The molecule has 15 heavy (non-hydrogen) atoms. The minimum Gasteiger partial charge on any atom is -0.354 e. The fraction of sp³-hybridized carbons (Fsp3) is 0.917. The van der Waals surface area contributed by atoms with Gasteiger partial charge < -0.3 is 9.64 Å². The van der Waals surface area contributed by atoms with E-state index in [0.717, 1.165) is 13.0 Å². The van der Waals surface area contributed by atoms with Crippen molar-refractivity contribution >= 4 is 5.91 Å². The zero-order valence-corrected chi connectivity index (χ0v) is 9.91. The molecule has 84 valence electrons. The van der Waals surface area contributed by atoms with E-state index in [0.29, 0.717) is 23.3 Å². The average molecular weight is 209 g/mol. The third-order valence-electron chi connectivity index (χ3n) is 4.57. The highest BCUT2D eigenvalue weighted by molar-refractivity contribution is 5.84. The summed E-state index contributed by atoms with van der Waals surface area (Å²) in [5.74, 6) is 1.13. The van der Waals surface area contributed by atoms with Crippen LogP contribution in [0.5, 0.6) is 0 Å². The maximum Gasteiger partial charge on any atom is 0.228 e. The van der Waals surface area contributed by atoms with Gasteiger partial charge in [0.25, 0.3) is 0 Å². The number of fused-ring (bicyclic) bond motifs is 3. The molecule has 2 aliphatic heterocycles. The second-order valence-electron chi connectivity index (χ2n) is 6.36. The molecule has 0 N–H and O–H groups in total. The van der Waals surface area contributed by atoms with Crippen molar-refractivity contribution in [3.8, 4) is 0 Å². The molecule has 0 spiro atoms. The van der Waals surface area contributed by atoms with E-state index >= 15 is 0 Å². The van der Waals surface area contributed by atoms with Crippen molar-refractivity contribution in [1.29, 1.82) is 0 Å². The van der Waals surface area contributed by atoms with Gasteiger partial charge in [-0.2, -0.15) is 0 Å². The number of nitrogens with zero attached hydrogens (tertiary/aromatic N) is 1. The summed E-state index contributed by atoms with van der Waals surface area (Å²) in [5.41, 5.74) is -0.0569. The van der Waals surface area contributed by atoms with Crippen LogP contribution in [-0.4, -0.2) is 29.2 Å². The second kappa shape index (κ2) is 2.40. The van der Waals surface area contributed by atoms with Gasteiger partial charge >= 0.3 is 0 Å². The summed E-state index contributed by atoms with van der Waals surface area (Å²) in [6, 6.07) is 0.334. The quantitative estimate of drug-likeness (QED) is 0.607. The Morgan fingerprint density at radius 3 is 2.60 bits per heavy atom. The molecule has 0 unspecified atom stereocenters. The molecule has 0 radical (unpaired) electrons. The predicted octanol–water partition coefficient (Wildman–Crippen LogP) is 1.63. The number of hydrogen-bond acceptors (Lipinski definition) is 2. The Kier molecular flexibility index (Phi) is 1.54. The van der Waals surface area contributed by atoms with Crippen molar-refractivity contribution in [2.75, 3.05) is 6.61 Å². The van der Waals surface area contributed by atoms with Crippen molar-refractivity contribution in [2.45, 2.75) is 45.9 Å². The fourth-order valence-electron chi connectivity index (χ4n) is 3.95. The predicted molar refractivity (Wildman–Crippen MR) is 56.0 cm³/mol. The zero-order valence-electron chi connectivity index (χ0n) is 9.91. The molecule has 3 nitrogen and oxygen atoms in total. The number of amides is 1. The molecule has 0 aromatic carbocycles. The van der Waals surface area contributed by atoms with Gasteiger partial charge in [-0.25, -0.2) is 0 Å². The van der Waals surface area contributed by atoms with E-state index in [2.05, 4.69) is 13.8 Å². The van der Waals surface area contributed by atoms with Gasteiger partial charge in [-0.3, -0.25) is 4.79 Å². The standard InChI is InChI=1S/C12H19NO2/c1-11(2)5-7-9(11)8-6-15-12(3,4)13(8)10(7)14/h7-9H,5-6H2,1-4H3/t7-,8-,9+/m1/s1. The van der Waals surface area contributed by atoms with Gasteiger partial charge in [0.15, 0.2) is 0 Å². The molecule has 2 heterocycles. The van der Waals surface area contributed by atoms with Crippen molar-refractivity contribution < 1.29 is 9.53 Å². The van der Waals surface area contributed by atoms with Gasteiger partial charge in [0.1, 0.15) is 5.72 Å². The van der Waals surface area contributed by atoms with Gasteiger partial charge in [0.2, 0.25) is 5.91 Å². The summed E-state index contributed by atoms with van der Waals surface area (Å²) < 4.78 is 5.73. The first-order valence-electron chi connectivity index (χ1n) is 5.82. The SMILES string of the molecule is CC1(C)C[C@H]2C(=O)N3[C@H](COC3(C)C)[C@H]21. The molecule has 1 amide bonds. The molecular weight excluding hydrogens is 190 g/mol. The van der Waals surface area contributed by atoms with Crippen LogP contribution in [0.3, 0.4) is 0 Å². The van der Waals surface area contributed by atoms with Gasteiger partial charge in [0, 0.05) is 5.92 Å². The number of rotatable bonds is 0. The molecule has 3 atom stereocenters. The van der Waals surface area contributed by atoms with Crippen LogP contribution in [0.1, 0.15) is 34.1 Å². The molecule has 2 saturated heterocycles. The molecular formula is C12H19NO2. The fourth-order valence-corrected chi connectivity index (χ4v) is 3.95. The normalized spacial score (nSPS) is 44.9. The summed E-state index contributed by atoms with van der Waals surface area (Å²) >= 11 is 0. The van der Waals surface area contributed by atoms with Gasteiger partial charge in [-0.05, 0) is 31.6 Å². The van der Waals surface area contributed by atoms with Crippen molar-refractivity contribution in [1.82, 2.24) is 4.90 Å². The van der Waals surface area contributed by atoms with E-state index in [9.17, 15) is 4.79 Å². The lowest BCUT2D eigenvalue weighted by molar-refractivity contribution is -0.149. The minimum atomic E-state index is -0.380. The third kappa shape index (κ3) is 0.975. The van der Waals surface area contributed by atoms with Crippen LogP contribution in [-0.2, 0) is 9.53 Å². The smallest absolute Gasteiger partial charge is 0.228 e. The molecule has 0 bridgehead atoms. The number of ether oxygens (including phenoxy) is 1. The van der Waals surface area contributed by atoms with Crippen LogP contribution in [0.4, 0.5) is 0 Å².